The molecule has 0 heterocycles. The van der Waals surface area contributed by atoms with E-state index in [1.54, 1.807) is 12.1 Å². The lowest BCUT2D eigenvalue weighted by Crippen LogP contribution is -2.04. The fourth-order valence-corrected chi connectivity index (χ4v) is 2.97. The Labute approximate surface area is 183 Å². The first kappa shape index (κ1) is 22.2. The van der Waals surface area contributed by atoms with Crippen LogP contribution < -0.4 is 14.2 Å². The van der Waals surface area contributed by atoms with Crippen molar-refractivity contribution in [1.29, 1.82) is 0 Å². The van der Waals surface area contributed by atoms with E-state index in [9.17, 15) is 0 Å². The summed E-state index contributed by atoms with van der Waals surface area (Å²) in [5, 5.41) is 0.511. The first-order valence-electron chi connectivity index (χ1n) is 8.41. The summed E-state index contributed by atoms with van der Waals surface area (Å²) in [5.74, 6) is 2.17. The van der Waals surface area contributed by atoms with Crippen LogP contribution >= 0.6 is 50.7 Å². The van der Waals surface area contributed by atoms with Gasteiger partial charge in [0.25, 0.3) is 0 Å². The number of unbranched alkanes of at least 4 members (excludes halogenated alkanes) is 1. The highest BCUT2D eigenvalue weighted by molar-refractivity contribution is 9.10. The fourth-order valence-electron chi connectivity index (χ4n) is 2.27. The zero-order valence-electron chi connectivity index (χ0n) is 14.8. The van der Waals surface area contributed by atoms with Gasteiger partial charge in [-0.2, -0.15) is 0 Å². The Morgan fingerprint density at radius 2 is 1.63 bits per heavy atom. The van der Waals surface area contributed by atoms with Crippen LogP contribution in [0.15, 0.2) is 51.4 Å². The van der Waals surface area contributed by atoms with Crippen LogP contribution in [0.5, 0.6) is 17.2 Å². The van der Waals surface area contributed by atoms with Crippen molar-refractivity contribution in [1.82, 2.24) is 0 Å². The second-order valence-corrected chi connectivity index (χ2v) is 8.04. The van der Waals surface area contributed by atoms with Crippen molar-refractivity contribution in [2.24, 2.45) is 0 Å². The number of aryl methyl sites for hydroxylation is 1. The van der Waals surface area contributed by atoms with Crippen molar-refractivity contribution in [3.05, 3.63) is 62.0 Å². The summed E-state index contributed by atoms with van der Waals surface area (Å²) in [6.45, 7) is 3.40. The minimum atomic E-state index is 0.168. The van der Waals surface area contributed by atoms with Crippen LogP contribution in [0.1, 0.15) is 18.4 Å². The van der Waals surface area contributed by atoms with Crippen molar-refractivity contribution in [2.75, 3.05) is 19.8 Å². The molecule has 2 rings (SSSR count). The van der Waals surface area contributed by atoms with Crippen LogP contribution in [0.4, 0.5) is 0 Å². The van der Waals surface area contributed by atoms with Crippen LogP contribution in [0.3, 0.4) is 0 Å². The largest absolute Gasteiger partial charge is 0.494 e. The number of hydrogen-bond acceptors (Lipinski definition) is 3. The van der Waals surface area contributed by atoms with Crippen LogP contribution in [0.25, 0.3) is 0 Å². The first-order chi connectivity index (χ1) is 13.0. The second-order valence-electron chi connectivity index (χ2n) is 5.71. The molecule has 0 bridgehead atoms. The third kappa shape index (κ3) is 8.22. The number of halogens is 4. The quantitative estimate of drug-likeness (QED) is 0.323. The number of ether oxygens (including phenoxy) is 3. The summed E-state index contributed by atoms with van der Waals surface area (Å²) in [4.78, 5) is 0. The lowest BCUT2D eigenvalue weighted by atomic mass is 10.2. The average Bonchev–Trinajstić information content (AvgIpc) is 2.61. The zero-order chi connectivity index (χ0) is 19.6. The van der Waals surface area contributed by atoms with Crippen molar-refractivity contribution >= 4 is 50.7 Å². The number of rotatable bonds is 10. The number of benzene rings is 2. The topological polar surface area (TPSA) is 27.7 Å². The maximum absolute atomic E-state index is 6.31. The van der Waals surface area contributed by atoms with E-state index in [4.69, 9.17) is 49.0 Å². The molecule has 0 saturated carbocycles. The Morgan fingerprint density at radius 1 is 0.963 bits per heavy atom. The molecule has 0 saturated heterocycles. The molecule has 0 radical (unpaired) electrons. The van der Waals surface area contributed by atoms with Gasteiger partial charge in [-0.3, -0.25) is 0 Å². The molecule has 0 aliphatic rings. The Bertz CT molecular complexity index is 737. The molecule has 27 heavy (non-hydrogen) atoms. The SMILES string of the molecule is Cc1cc(OCC=C(Cl)Cl)cc(Cl)c1OCCCCOc1ccc(Br)cc1. The highest BCUT2D eigenvalue weighted by atomic mass is 79.9. The van der Waals surface area contributed by atoms with Gasteiger partial charge in [-0.15, -0.1) is 0 Å². The van der Waals surface area contributed by atoms with E-state index in [-0.39, 0.29) is 11.1 Å². The van der Waals surface area contributed by atoms with Gasteiger partial charge in [-0.25, -0.2) is 0 Å². The smallest absolute Gasteiger partial charge is 0.141 e. The lowest BCUT2D eigenvalue weighted by Gasteiger charge is -2.13. The summed E-state index contributed by atoms with van der Waals surface area (Å²) in [6.07, 6.45) is 3.32. The summed E-state index contributed by atoms with van der Waals surface area (Å²) in [7, 11) is 0. The van der Waals surface area contributed by atoms with Gasteiger partial charge in [0.2, 0.25) is 0 Å². The fraction of sp³-hybridized carbons (Fsp3) is 0.300. The molecule has 0 aliphatic carbocycles. The molecule has 2 aromatic rings. The molecule has 0 N–H and O–H groups in total. The molecule has 0 spiro atoms. The Hall–Kier alpha value is -1.07. The third-order valence-corrected chi connectivity index (χ3v) is 4.68. The highest BCUT2D eigenvalue weighted by Gasteiger charge is 2.09. The highest BCUT2D eigenvalue weighted by Crippen LogP contribution is 2.33. The minimum Gasteiger partial charge on any atom is -0.494 e. The van der Waals surface area contributed by atoms with Crippen molar-refractivity contribution in [2.45, 2.75) is 19.8 Å². The standard InChI is InChI=1S/C20H20BrCl3O3/c1-14-12-17(26-11-8-19(23)24)13-18(22)20(14)27-10-3-2-9-25-16-6-4-15(21)5-7-16/h4-8,12-13H,2-3,9-11H2,1H3. The van der Waals surface area contributed by atoms with E-state index in [2.05, 4.69) is 15.9 Å². The molecule has 0 fully saturated rings. The Kier molecular flexibility index (Phi) is 9.63. The number of hydrogen-bond donors (Lipinski definition) is 0. The molecule has 0 amide bonds. The van der Waals surface area contributed by atoms with E-state index in [1.807, 2.05) is 37.3 Å². The maximum atomic E-state index is 6.31. The molecule has 2 aromatic carbocycles. The predicted molar refractivity (Wildman–Crippen MR) is 116 cm³/mol. The van der Waals surface area contributed by atoms with Gasteiger partial charge in [0, 0.05) is 10.5 Å². The average molecular weight is 495 g/mol. The zero-order valence-corrected chi connectivity index (χ0v) is 18.7. The van der Waals surface area contributed by atoms with Crippen LogP contribution in [0.2, 0.25) is 5.02 Å². The van der Waals surface area contributed by atoms with Gasteiger partial charge < -0.3 is 14.2 Å². The van der Waals surface area contributed by atoms with Gasteiger partial charge in [0.15, 0.2) is 0 Å². The van der Waals surface area contributed by atoms with Gasteiger partial charge in [-0.1, -0.05) is 50.7 Å². The monoisotopic (exact) mass is 492 g/mol. The van der Waals surface area contributed by atoms with Gasteiger partial charge in [0.1, 0.15) is 28.3 Å². The molecule has 0 unspecified atom stereocenters. The molecule has 146 valence electrons. The van der Waals surface area contributed by atoms with E-state index in [0.717, 1.165) is 28.6 Å². The van der Waals surface area contributed by atoms with E-state index in [1.165, 1.54) is 0 Å². The Morgan fingerprint density at radius 3 is 2.26 bits per heavy atom. The summed E-state index contributed by atoms with van der Waals surface area (Å²) >= 11 is 20.8. The van der Waals surface area contributed by atoms with Gasteiger partial charge >= 0.3 is 0 Å². The van der Waals surface area contributed by atoms with Crippen molar-refractivity contribution < 1.29 is 14.2 Å². The molecule has 0 atom stereocenters. The summed E-state index contributed by atoms with van der Waals surface area (Å²) in [5.41, 5.74) is 0.907. The van der Waals surface area contributed by atoms with E-state index < -0.39 is 0 Å². The molecule has 3 nitrogen and oxygen atoms in total. The molecule has 0 aliphatic heterocycles. The minimum absolute atomic E-state index is 0.168. The van der Waals surface area contributed by atoms with Crippen LogP contribution in [-0.4, -0.2) is 19.8 Å². The maximum Gasteiger partial charge on any atom is 0.141 e. The summed E-state index contributed by atoms with van der Waals surface area (Å²) in [6, 6.07) is 11.4. The molecular weight excluding hydrogens is 474 g/mol. The Balaban J connectivity index is 1.73. The van der Waals surface area contributed by atoms with Crippen LogP contribution in [-0.2, 0) is 0 Å². The second kappa shape index (κ2) is 11.7. The van der Waals surface area contributed by atoms with E-state index >= 15 is 0 Å². The van der Waals surface area contributed by atoms with Crippen LogP contribution in [0, 0.1) is 6.92 Å². The van der Waals surface area contributed by atoms with Gasteiger partial charge in [-0.05, 0) is 61.7 Å². The van der Waals surface area contributed by atoms with Crippen molar-refractivity contribution in [3.63, 3.8) is 0 Å². The molecular formula is C20H20BrCl3O3. The first-order valence-corrected chi connectivity index (χ1v) is 10.3. The van der Waals surface area contributed by atoms with E-state index in [0.29, 0.717) is 29.7 Å². The predicted octanol–water partition coefficient (Wildman–Crippen LogP) is 7.35. The lowest BCUT2D eigenvalue weighted by molar-refractivity contribution is 0.265. The molecule has 0 aromatic heterocycles. The van der Waals surface area contributed by atoms with Crippen molar-refractivity contribution in [3.8, 4) is 17.2 Å². The van der Waals surface area contributed by atoms with Gasteiger partial charge in [0.05, 0.1) is 18.2 Å². The summed E-state index contributed by atoms with van der Waals surface area (Å²) < 4.78 is 18.3. The third-order valence-electron chi connectivity index (χ3n) is 3.56. The molecule has 7 heteroatoms. The normalized spacial score (nSPS) is 10.4.